The molecule has 3 aromatic heterocycles. The number of anilines is 3. The molecule has 0 saturated heterocycles. The van der Waals surface area contributed by atoms with Crippen LogP contribution in [0.2, 0.25) is 0 Å². The van der Waals surface area contributed by atoms with Crippen LogP contribution in [0.1, 0.15) is 0 Å². The third-order valence-corrected chi connectivity index (χ3v) is 13.2. The van der Waals surface area contributed by atoms with Gasteiger partial charge in [-0.2, -0.15) is 8.75 Å². The molecule has 0 N–H and O–H groups in total. The summed E-state index contributed by atoms with van der Waals surface area (Å²) in [5.41, 5.74) is 16.7. The average molecular weight is 837 g/mol. The van der Waals surface area contributed by atoms with Crippen molar-refractivity contribution in [2.24, 2.45) is 0 Å². The van der Waals surface area contributed by atoms with Crippen LogP contribution in [0, 0.1) is 0 Å². The van der Waals surface area contributed by atoms with E-state index in [1.165, 1.54) is 49.9 Å². The Kier molecular flexibility index (Phi) is 8.32. The van der Waals surface area contributed by atoms with Crippen LogP contribution in [-0.4, -0.2) is 13.3 Å². The molecule has 10 aromatic carbocycles. The van der Waals surface area contributed by atoms with Gasteiger partial charge in [-0.3, -0.25) is 0 Å². The SMILES string of the molecule is c1ccc(-c2ccc(N(c3ccc(-c4cccc5c4oc4ccccc45)cc3)c3ccc(-c4cc5c6ccccc6n(-c6ccccc6)c5c5ccccc45)c4nsnc34)cc2)cc1. The Labute approximate surface area is 372 Å². The van der Waals surface area contributed by atoms with E-state index in [4.69, 9.17) is 13.2 Å². The van der Waals surface area contributed by atoms with Crippen LogP contribution in [0.3, 0.4) is 0 Å². The summed E-state index contributed by atoms with van der Waals surface area (Å²) in [6.07, 6.45) is 0. The predicted molar refractivity (Wildman–Crippen MR) is 268 cm³/mol. The van der Waals surface area contributed by atoms with Crippen molar-refractivity contribution in [1.82, 2.24) is 13.3 Å². The molecule has 6 heteroatoms. The minimum atomic E-state index is 0.849. The molecule has 0 aliphatic rings. The topological polar surface area (TPSA) is 47.1 Å². The molecule has 0 atom stereocenters. The van der Waals surface area contributed by atoms with Crippen LogP contribution in [0.5, 0.6) is 0 Å². The van der Waals surface area contributed by atoms with Crippen LogP contribution in [0.15, 0.2) is 223 Å². The van der Waals surface area contributed by atoms with Gasteiger partial charge in [0.25, 0.3) is 0 Å². The fourth-order valence-electron chi connectivity index (χ4n) is 9.77. The molecule has 13 aromatic rings. The van der Waals surface area contributed by atoms with Gasteiger partial charge in [-0.05, 0) is 94.4 Å². The van der Waals surface area contributed by atoms with E-state index >= 15 is 0 Å². The van der Waals surface area contributed by atoms with Gasteiger partial charge in [0.1, 0.15) is 22.2 Å². The van der Waals surface area contributed by atoms with Gasteiger partial charge < -0.3 is 13.9 Å². The van der Waals surface area contributed by atoms with E-state index in [9.17, 15) is 0 Å². The predicted octanol–water partition coefficient (Wildman–Crippen LogP) is 16.3. The van der Waals surface area contributed by atoms with E-state index in [0.717, 1.165) is 83.5 Å². The minimum absolute atomic E-state index is 0.849. The van der Waals surface area contributed by atoms with Gasteiger partial charge in [-0.1, -0.05) is 152 Å². The van der Waals surface area contributed by atoms with Crippen LogP contribution in [-0.2, 0) is 0 Å². The summed E-state index contributed by atoms with van der Waals surface area (Å²) in [6, 6.07) is 77.8. The molecule has 0 bridgehead atoms. The summed E-state index contributed by atoms with van der Waals surface area (Å²) in [5, 5.41) is 7.01. The second kappa shape index (κ2) is 14.7. The molecule has 0 aliphatic carbocycles. The van der Waals surface area contributed by atoms with Crippen molar-refractivity contribution in [3.05, 3.63) is 218 Å². The van der Waals surface area contributed by atoms with Crippen LogP contribution in [0.25, 0.3) is 105 Å². The molecule has 0 saturated carbocycles. The number of rotatable bonds is 7. The smallest absolute Gasteiger partial charge is 0.143 e. The molecule has 0 unspecified atom stereocenters. The number of fused-ring (bicyclic) bond motifs is 9. The number of para-hydroxylation sites is 4. The molecule has 64 heavy (non-hydrogen) atoms. The molecule has 13 rings (SSSR count). The summed E-state index contributed by atoms with van der Waals surface area (Å²) >= 11 is 1.26. The van der Waals surface area contributed by atoms with Crippen molar-refractivity contribution < 1.29 is 4.42 Å². The summed E-state index contributed by atoms with van der Waals surface area (Å²) in [7, 11) is 0. The zero-order valence-electron chi connectivity index (χ0n) is 34.4. The number of benzene rings is 10. The molecule has 0 spiro atoms. The summed E-state index contributed by atoms with van der Waals surface area (Å²) in [5.74, 6) is 0. The van der Waals surface area contributed by atoms with E-state index in [-0.39, 0.29) is 0 Å². The highest BCUT2D eigenvalue weighted by molar-refractivity contribution is 7.00. The van der Waals surface area contributed by atoms with Crippen LogP contribution >= 0.6 is 11.7 Å². The average Bonchev–Trinajstić information content (AvgIpc) is 4.10. The van der Waals surface area contributed by atoms with E-state index in [2.05, 4.69) is 216 Å². The Morgan fingerprint density at radius 2 is 1.02 bits per heavy atom. The molecule has 0 amide bonds. The lowest BCUT2D eigenvalue weighted by Crippen LogP contribution is -2.10. The summed E-state index contributed by atoms with van der Waals surface area (Å²) < 4.78 is 19.0. The molecule has 0 fully saturated rings. The minimum Gasteiger partial charge on any atom is -0.455 e. The standard InChI is InChI=1S/C58H36N4OS/c1-3-14-37(15-4-1)38-26-30-41(31-27-38)61(42-32-28-39(29-33-42)43-22-13-23-49-46-20-10-12-25-54(46)63-58(43)49)53-35-34-47(55-56(53)60-64-59-55)50-36-51-45-19-9-11-24-52(45)62(40-16-5-2-6-17-40)57(51)48-21-8-7-18-44(48)50/h1-36H. The van der Waals surface area contributed by atoms with Crippen molar-refractivity contribution in [1.29, 1.82) is 0 Å². The first-order valence-electron chi connectivity index (χ1n) is 21.5. The van der Waals surface area contributed by atoms with Crippen molar-refractivity contribution in [3.63, 3.8) is 0 Å². The lowest BCUT2D eigenvalue weighted by atomic mass is 9.94. The number of hydrogen-bond acceptors (Lipinski definition) is 5. The van der Waals surface area contributed by atoms with Crippen molar-refractivity contribution in [2.75, 3.05) is 4.90 Å². The Bertz CT molecular complexity index is 3890. The lowest BCUT2D eigenvalue weighted by molar-refractivity contribution is 0.670. The number of hydrogen-bond donors (Lipinski definition) is 0. The Morgan fingerprint density at radius 3 is 1.80 bits per heavy atom. The molecule has 0 aliphatic heterocycles. The Hall–Kier alpha value is -8.32. The number of nitrogens with zero attached hydrogens (tertiary/aromatic N) is 4. The summed E-state index contributed by atoms with van der Waals surface area (Å²) in [6.45, 7) is 0. The Balaban J connectivity index is 0.988. The molecular weight excluding hydrogens is 801 g/mol. The first kappa shape index (κ1) is 36.3. The van der Waals surface area contributed by atoms with E-state index in [0.29, 0.717) is 0 Å². The van der Waals surface area contributed by atoms with Crippen molar-refractivity contribution in [3.8, 4) is 39.1 Å². The van der Waals surface area contributed by atoms with Crippen molar-refractivity contribution >= 4 is 94.3 Å². The number of aromatic nitrogens is 3. The zero-order valence-corrected chi connectivity index (χ0v) is 35.2. The molecule has 0 radical (unpaired) electrons. The highest BCUT2D eigenvalue weighted by atomic mass is 32.1. The maximum absolute atomic E-state index is 6.46. The largest absolute Gasteiger partial charge is 0.455 e. The maximum Gasteiger partial charge on any atom is 0.143 e. The van der Waals surface area contributed by atoms with E-state index in [1.807, 2.05) is 12.1 Å². The quantitative estimate of drug-likeness (QED) is 0.160. The van der Waals surface area contributed by atoms with E-state index < -0.39 is 0 Å². The summed E-state index contributed by atoms with van der Waals surface area (Å²) in [4.78, 5) is 2.31. The van der Waals surface area contributed by atoms with Crippen molar-refractivity contribution in [2.45, 2.75) is 0 Å². The second-order valence-electron chi connectivity index (χ2n) is 16.2. The van der Waals surface area contributed by atoms with Gasteiger partial charge in [0.2, 0.25) is 0 Å². The Morgan fingerprint density at radius 1 is 0.406 bits per heavy atom. The molecule has 5 nitrogen and oxygen atoms in total. The maximum atomic E-state index is 6.46. The van der Waals surface area contributed by atoms with Gasteiger partial charge in [0, 0.05) is 55.1 Å². The van der Waals surface area contributed by atoms with Crippen LogP contribution in [0.4, 0.5) is 17.1 Å². The monoisotopic (exact) mass is 836 g/mol. The third-order valence-electron chi connectivity index (χ3n) is 12.7. The van der Waals surface area contributed by atoms with Crippen LogP contribution < -0.4 is 4.90 Å². The zero-order chi connectivity index (χ0) is 42.1. The first-order valence-corrected chi connectivity index (χ1v) is 22.2. The van der Waals surface area contributed by atoms with Gasteiger partial charge in [-0.15, -0.1) is 0 Å². The fourth-order valence-corrected chi connectivity index (χ4v) is 10.3. The molecule has 300 valence electrons. The van der Waals surface area contributed by atoms with Gasteiger partial charge >= 0.3 is 0 Å². The lowest BCUT2D eigenvalue weighted by Gasteiger charge is -2.26. The van der Waals surface area contributed by atoms with Gasteiger partial charge in [0.15, 0.2) is 0 Å². The molecular formula is C58H36N4OS. The van der Waals surface area contributed by atoms with Gasteiger partial charge in [0.05, 0.1) is 28.4 Å². The molecule has 3 heterocycles. The van der Waals surface area contributed by atoms with Gasteiger partial charge in [-0.25, -0.2) is 0 Å². The highest BCUT2D eigenvalue weighted by Crippen LogP contribution is 2.46. The normalized spacial score (nSPS) is 11.8. The highest BCUT2D eigenvalue weighted by Gasteiger charge is 2.24. The fraction of sp³-hybridized carbons (Fsp3) is 0. The third kappa shape index (κ3) is 5.70. The van der Waals surface area contributed by atoms with E-state index in [1.54, 1.807) is 0 Å². The second-order valence-corrected chi connectivity index (χ2v) is 16.8. The first-order chi connectivity index (χ1) is 31.8. The number of furan rings is 1.